The van der Waals surface area contributed by atoms with Crippen molar-refractivity contribution in [1.29, 1.82) is 0 Å². The Bertz CT molecular complexity index is 345. The van der Waals surface area contributed by atoms with Crippen LogP contribution < -0.4 is 0 Å². The number of likely N-dealkylation sites (tertiary alicyclic amines) is 1. The molecule has 0 spiro atoms. The average molecular weight is 237 g/mol. The molecule has 94 valence electrons. The van der Waals surface area contributed by atoms with E-state index < -0.39 is 5.97 Å². The molecule has 3 fully saturated rings. The number of hydrogen-bond acceptors (Lipinski definition) is 2. The van der Waals surface area contributed by atoms with Crippen molar-refractivity contribution in [2.45, 2.75) is 32.1 Å². The lowest BCUT2D eigenvalue weighted by molar-refractivity contribution is -0.138. The Balaban J connectivity index is 1.53. The van der Waals surface area contributed by atoms with Gasteiger partial charge in [-0.1, -0.05) is 6.42 Å². The molecule has 4 heteroatoms. The largest absolute Gasteiger partial charge is 0.481 e. The Morgan fingerprint density at radius 3 is 2.53 bits per heavy atom. The molecule has 2 aliphatic carbocycles. The molecule has 0 aromatic carbocycles. The van der Waals surface area contributed by atoms with Gasteiger partial charge in [0.1, 0.15) is 0 Å². The highest BCUT2D eigenvalue weighted by Crippen LogP contribution is 2.58. The minimum Gasteiger partial charge on any atom is -0.481 e. The molecular weight excluding hydrogens is 218 g/mol. The van der Waals surface area contributed by atoms with E-state index in [0.717, 1.165) is 13.0 Å². The number of fused-ring (bicyclic) bond motifs is 1. The monoisotopic (exact) mass is 237 g/mol. The Labute approximate surface area is 101 Å². The van der Waals surface area contributed by atoms with Crippen molar-refractivity contribution in [2.75, 3.05) is 13.1 Å². The summed E-state index contributed by atoms with van der Waals surface area (Å²) in [5, 5.41) is 8.75. The van der Waals surface area contributed by atoms with Gasteiger partial charge in [-0.3, -0.25) is 9.59 Å². The number of nitrogens with zero attached hydrogens (tertiary/aromatic N) is 1. The Hall–Kier alpha value is -1.06. The molecule has 3 unspecified atom stereocenters. The molecule has 3 rings (SSSR count). The van der Waals surface area contributed by atoms with Gasteiger partial charge in [-0.05, 0) is 37.0 Å². The van der Waals surface area contributed by atoms with Crippen molar-refractivity contribution in [3.8, 4) is 0 Å². The summed E-state index contributed by atoms with van der Waals surface area (Å²) in [7, 11) is 0. The number of carboxylic acid groups (broad SMARTS) is 1. The first-order chi connectivity index (χ1) is 8.16. The Morgan fingerprint density at radius 1 is 1.18 bits per heavy atom. The topological polar surface area (TPSA) is 57.6 Å². The summed E-state index contributed by atoms with van der Waals surface area (Å²) in [6.07, 6.45) is 4.82. The maximum atomic E-state index is 12.2. The third kappa shape index (κ3) is 1.94. The van der Waals surface area contributed by atoms with Crippen LogP contribution in [0.25, 0.3) is 0 Å². The van der Waals surface area contributed by atoms with Crippen LogP contribution in [-0.2, 0) is 9.59 Å². The Kier molecular flexibility index (Phi) is 2.60. The lowest BCUT2D eigenvalue weighted by Gasteiger charge is -2.17. The van der Waals surface area contributed by atoms with E-state index in [1.54, 1.807) is 0 Å². The van der Waals surface area contributed by atoms with Gasteiger partial charge in [-0.15, -0.1) is 0 Å². The van der Waals surface area contributed by atoms with Crippen molar-refractivity contribution in [3.05, 3.63) is 0 Å². The van der Waals surface area contributed by atoms with Crippen molar-refractivity contribution in [3.63, 3.8) is 0 Å². The highest BCUT2D eigenvalue weighted by molar-refractivity contribution is 5.83. The molecule has 4 nitrogen and oxygen atoms in total. The fourth-order valence-corrected chi connectivity index (χ4v) is 3.84. The van der Waals surface area contributed by atoms with Crippen LogP contribution in [0.2, 0.25) is 0 Å². The van der Waals surface area contributed by atoms with Crippen LogP contribution in [0.5, 0.6) is 0 Å². The predicted molar refractivity (Wildman–Crippen MR) is 61.3 cm³/mol. The van der Waals surface area contributed by atoms with Crippen LogP contribution in [0.3, 0.4) is 0 Å². The summed E-state index contributed by atoms with van der Waals surface area (Å²) in [6.45, 7) is 1.44. The van der Waals surface area contributed by atoms with E-state index in [2.05, 4.69) is 0 Å². The second-order valence-electron chi connectivity index (χ2n) is 5.82. The highest BCUT2D eigenvalue weighted by Gasteiger charge is 2.57. The van der Waals surface area contributed by atoms with Gasteiger partial charge in [0.2, 0.25) is 5.91 Å². The summed E-state index contributed by atoms with van der Waals surface area (Å²) in [5.74, 6) is 1.38. The summed E-state index contributed by atoms with van der Waals surface area (Å²) in [4.78, 5) is 24.8. The summed E-state index contributed by atoms with van der Waals surface area (Å²) < 4.78 is 0. The smallest absolute Gasteiger partial charge is 0.303 e. The number of carboxylic acids is 1. The number of carbonyl (C=O) groups excluding carboxylic acids is 1. The van der Waals surface area contributed by atoms with Gasteiger partial charge in [0, 0.05) is 25.4 Å². The Morgan fingerprint density at radius 2 is 1.88 bits per heavy atom. The number of hydrogen-bond donors (Lipinski definition) is 1. The van der Waals surface area contributed by atoms with Crippen LogP contribution >= 0.6 is 0 Å². The number of rotatable bonds is 3. The third-order valence-electron chi connectivity index (χ3n) is 4.75. The maximum absolute atomic E-state index is 12.2. The van der Waals surface area contributed by atoms with Crippen LogP contribution in [0, 0.1) is 23.7 Å². The summed E-state index contributed by atoms with van der Waals surface area (Å²) in [5.41, 5.74) is 0. The number of amides is 1. The zero-order valence-corrected chi connectivity index (χ0v) is 9.97. The van der Waals surface area contributed by atoms with Gasteiger partial charge in [-0.2, -0.15) is 0 Å². The zero-order valence-electron chi connectivity index (χ0n) is 9.97. The van der Waals surface area contributed by atoms with Gasteiger partial charge in [0.05, 0.1) is 0 Å². The minimum atomic E-state index is -0.743. The van der Waals surface area contributed by atoms with Gasteiger partial charge < -0.3 is 10.0 Å². The molecule has 0 bridgehead atoms. The molecule has 0 aromatic rings. The standard InChI is InChI=1S/C13H19NO3/c15-11(16)6-8-4-5-14(7-8)13(17)12-9-2-1-3-10(9)12/h8-10,12H,1-7H2,(H,15,16). The maximum Gasteiger partial charge on any atom is 0.303 e. The van der Waals surface area contributed by atoms with Crippen LogP contribution in [0.15, 0.2) is 0 Å². The van der Waals surface area contributed by atoms with Gasteiger partial charge in [0.25, 0.3) is 0 Å². The molecule has 0 radical (unpaired) electrons. The molecule has 0 aromatic heterocycles. The van der Waals surface area contributed by atoms with E-state index in [4.69, 9.17) is 5.11 Å². The first-order valence-electron chi connectivity index (χ1n) is 6.67. The fourth-order valence-electron chi connectivity index (χ4n) is 3.84. The second-order valence-corrected chi connectivity index (χ2v) is 5.82. The molecule has 1 aliphatic heterocycles. The van der Waals surface area contributed by atoms with Gasteiger partial charge in [-0.25, -0.2) is 0 Å². The molecule has 1 N–H and O–H groups in total. The van der Waals surface area contributed by atoms with E-state index in [9.17, 15) is 9.59 Å². The molecular formula is C13H19NO3. The molecule has 1 saturated heterocycles. The number of aliphatic carboxylic acids is 1. The molecule has 3 atom stereocenters. The lowest BCUT2D eigenvalue weighted by atomic mass is 10.1. The normalized spacial score (nSPS) is 39.2. The van der Waals surface area contributed by atoms with Gasteiger partial charge in [0.15, 0.2) is 0 Å². The SMILES string of the molecule is O=C(O)CC1CCN(C(=O)C2C3CCCC32)C1. The van der Waals surface area contributed by atoms with E-state index >= 15 is 0 Å². The molecule has 1 amide bonds. The van der Waals surface area contributed by atoms with E-state index in [1.165, 1.54) is 19.3 Å². The van der Waals surface area contributed by atoms with Crippen molar-refractivity contribution in [2.24, 2.45) is 23.7 Å². The second kappa shape index (κ2) is 4.00. The predicted octanol–water partition coefficient (Wildman–Crippen LogP) is 1.36. The summed E-state index contributed by atoms with van der Waals surface area (Å²) >= 11 is 0. The lowest BCUT2D eigenvalue weighted by Crippen LogP contribution is -2.31. The first-order valence-corrected chi connectivity index (χ1v) is 6.67. The van der Waals surface area contributed by atoms with E-state index in [-0.39, 0.29) is 12.3 Å². The van der Waals surface area contributed by atoms with Crippen LogP contribution in [0.1, 0.15) is 32.1 Å². The van der Waals surface area contributed by atoms with Gasteiger partial charge >= 0.3 is 5.97 Å². The van der Waals surface area contributed by atoms with Crippen molar-refractivity contribution < 1.29 is 14.7 Å². The fraction of sp³-hybridized carbons (Fsp3) is 0.846. The van der Waals surface area contributed by atoms with Crippen molar-refractivity contribution >= 4 is 11.9 Å². The number of carbonyl (C=O) groups is 2. The van der Waals surface area contributed by atoms with E-state index in [1.807, 2.05) is 4.90 Å². The zero-order chi connectivity index (χ0) is 12.0. The summed E-state index contributed by atoms with van der Waals surface area (Å²) in [6, 6.07) is 0. The molecule has 1 heterocycles. The average Bonchev–Trinajstić information content (AvgIpc) is 2.71. The van der Waals surface area contributed by atoms with Crippen LogP contribution in [-0.4, -0.2) is 35.0 Å². The highest BCUT2D eigenvalue weighted by atomic mass is 16.4. The molecule has 17 heavy (non-hydrogen) atoms. The van der Waals surface area contributed by atoms with Crippen molar-refractivity contribution in [1.82, 2.24) is 4.90 Å². The van der Waals surface area contributed by atoms with E-state index in [0.29, 0.717) is 30.2 Å². The minimum absolute atomic E-state index is 0.176. The quantitative estimate of drug-likeness (QED) is 0.806. The third-order valence-corrected chi connectivity index (χ3v) is 4.75. The first kappa shape index (κ1) is 11.1. The molecule has 2 saturated carbocycles. The van der Waals surface area contributed by atoms with Crippen LogP contribution in [0.4, 0.5) is 0 Å². The molecule has 3 aliphatic rings.